The zero-order chi connectivity index (χ0) is 13.9. The van der Waals surface area contributed by atoms with Crippen molar-refractivity contribution in [3.8, 4) is 0 Å². The van der Waals surface area contributed by atoms with Gasteiger partial charge in [0, 0.05) is 12.6 Å². The molecule has 0 aliphatic carbocycles. The van der Waals surface area contributed by atoms with Crippen molar-refractivity contribution < 1.29 is 8.78 Å². The molecule has 110 valence electrons. The second kappa shape index (κ2) is 6.19. The molecular formula is C16H22F2N2. The van der Waals surface area contributed by atoms with Crippen LogP contribution in [0.5, 0.6) is 0 Å². The largest absolute Gasteiger partial charge is 0.314 e. The molecule has 2 aliphatic rings. The van der Waals surface area contributed by atoms with Gasteiger partial charge in [-0.1, -0.05) is 6.07 Å². The lowest BCUT2D eigenvalue weighted by atomic mass is 9.88. The van der Waals surface area contributed by atoms with E-state index in [2.05, 4.69) is 10.2 Å². The van der Waals surface area contributed by atoms with Crippen molar-refractivity contribution in [1.29, 1.82) is 0 Å². The third-order valence-electron chi connectivity index (χ3n) is 4.69. The summed E-state index contributed by atoms with van der Waals surface area (Å²) in [4.78, 5) is 2.35. The molecule has 3 rings (SSSR count). The maximum absolute atomic E-state index is 13.2. The van der Waals surface area contributed by atoms with Crippen molar-refractivity contribution in [1.82, 2.24) is 10.2 Å². The smallest absolute Gasteiger partial charge is 0.159 e. The van der Waals surface area contributed by atoms with Gasteiger partial charge in [-0.05, 0) is 68.9 Å². The second-order valence-electron chi connectivity index (χ2n) is 6.06. The van der Waals surface area contributed by atoms with Gasteiger partial charge in [0.1, 0.15) is 0 Å². The summed E-state index contributed by atoms with van der Waals surface area (Å²) in [5, 5.41) is 3.59. The highest BCUT2D eigenvalue weighted by Crippen LogP contribution is 2.26. The number of nitrogens with zero attached hydrogens (tertiary/aromatic N) is 1. The highest BCUT2D eigenvalue weighted by Gasteiger charge is 2.28. The van der Waals surface area contributed by atoms with E-state index in [4.69, 9.17) is 0 Å². The fourth-order valence-electron chi connectivity index (χ4n) is 3.52. The Bertz CT molecular complexity index is 450. The molecule has 4 heteroatoms. The molecule has 1 unspecified atom stereocenters. The standard InChI is InChI=1S/C16H22F2N2/c17-14-4-3-12(10-15(14)18)11-20-8-5-13(6-9-20)16-2-1-7-19-16/h3-4,10,13,16,19H,1-2,5-9,11H2. The van der Waals surface area contributed by atoms with Gasteiger partial charge >= 0.3 is 0 Å². The Morgan fingerprint density at radius 3 is 2.55 bits per heavy atom. The fourth-order valence-corrected chi connectivity index (χ4v) is 3.52. The predicted molar refractivity (Wildman–Crippen MR) is 75.4 cm³/mol. The third kappa shape index (κ3) is 3.18. The van der Waals surface area contributed by atoms with E-state index in [1.807, 2.05) is 0 Å². The summed E-state index contributed by atoms with van der Waals surface area (Å²) in [5.41, 5.74) is 0.862. The number of halogens is 2. The first-order valence-electron chi connectivity index (χ1n) is 7.62. The SMILES string of the molecule is Fc1ccc(CN2CCC(C3CCCN3)CC2)cc1F. The Hall–Kier alpha value is -1.00. The first-order chi connectivity index (χ1) is 9.72. The summed E-state index contributed by atoms with van der Waals surface area (Å²) in [6.07, 6.45) is 5.04. The van der Waals surface area contributed by atoms with Gasteiger partial charge in [-0.2, -0.15) is 0 Å². The average Bonchev–Trinajstić information content (AvgIpc) is 2.98. The molecule has 0 amide bonds. The minimum atomic E-state index is -0.764. The molecule has 0 saturated carbocycles. The summed E-state index contributed by atoms with van der Waals surface area (Å²) in [6, 6.07) is 4.93. The van der Waals surface area contributed by atoms with Crippen molar-refractivity contribution in [2.75, 3.05) is 19.6 Å². The summed E-state index contributed by atoms with van der Waals surface area (Å²) in [5.74, 6) is -0.717. The molecule has 20 heavy (non-hydrogen) atoms. The van der Waals surface area contributed by atoms with Crippen molar-refractivity contribution in [3.05, 3.63) is 35.4 Å². The number of benzene rings is 1. The summed E-state index contributed by atoms with van der Waals surface area (Å²) in [6.45, 7) is 4.01. The molecule has 0 aromatic heterocycles. The van der Waals surface area contributed by atoms with Crippen LogP contribution in [-0.2, 0) is 6.54 Å². The molecule has 2 aliphatic heterocycles. The van der Waals surface area contributed by atoms with Crippen LogP contribution in [-0.4, -0.2) is 30.6 Å². The first-order valence-corrected chi connectivity index (χ1v) is 7.62. The van der Waals surface area contributed by atoms with Gasteiger partial charge in [0.05, 0.1) is 0 Å². The van der Waals surface area contributed by atoms with Crippen LogP contribution in [0.15, 0.2) is 18.2 Å². The molecular weight excluding hydrogens is 258 g/mol. The Labute approximate surface area is 119 Å². The maximum atomic E-state index is 13.2. The number of hydrogen-bond donors (Lipinski definition) is 1. The second-order valence-corrected chi connectivity index (χ2v) is 6.06. The van der Waals surface area contributed by atoms with Gasteiger partial charge in [0.15, 0.2) is 11.6 Å². The number of nitrogens with one attached hydrogen (secondary N) is 1. The van der Waals surface area contributed by atoms with E-state index in [1.165, 1.54) is 44.4 Å². The summed E-state index contributed by atoms with van der Waals surface area (Å²) >= 11 is 0. The van der Waals surface area contributed by atoms with Crippen LogP contribution < -0.4 is 5.32 Å². The number of likely N-dealkylation sites (tertiary alicyclic amines) is 1. The van der Waals surface area contributed by atoms with Crippen LogP contribution in [0.3, 0.4) is 0 Å². The molecule has 2 heterocycles. The Balaban J connectivity index is 1.51. The molecule has 1 atom stereocenters. The molecule has 2 fully saturated rings. The average molecular weight is 280 g/mol. The van der Waals surface area contributed by atoms with E-state index in [1.54, 1.807) is 6.07 Å². The lowest BCUT2D eigenvalue weighted by Crippen LogP contribution is -2.40. The zero-order valence-electron chi connectivity index (χ0n) is 11.7. The van der Waals surface area contributed by atoms with E-state index in [-0.39, 0.29) is 0 Å². The summed E-state index contributed by atoms with van der Waals surface area (Å²) < 4.78 is 26.1. The quantitative estimate of drug-likeness (QED) is 0.916. The lowest BCUT2D eigenvalue weighted by Gasteiger charge is -2.34. The van der Waals surface area contributed by atoms with Crippen LogP contribution in [0.25, 0.3) is 0 Å². The highest BCUT2D eigenvalue weighted by molar-refractivity contribution is 5.17. The number of rotatable bonds is 3. The zero-order valence-corrected chi connectivity index (χ0v) is 11.7. The van der Waals surface area contributed by atoms with Gasteiger partial charge < -0.3 is 5.32 Å². The third-order valence-corrected chi connectivity index (χ3v) is 4.69. The van der Waals surface area contributed by atoms with E-state index < -0.39 is 11.6 Å². The van der Waals surface area contributed by atoms with Crippen molar-refractivity contribution >= 4 is 0 Å². The van der Waals surface area contributed by atoms with E-state index in [0.717, 1.165) is 31.1 Å². The van der Waals surface area contributed by atoms with E-state index in [0.29, 0.717) is 6.04 Å². The Morgan fingerprint density at radius 1 is 1.10 bits per heavy atom. The highest BCUT2D eigenvalue weighted by atomic mass is 19.2. The monoisotopic (exact) mass is 280 g/mol. The van der Waals surface area contributed by atoms with Crippen LogP contribution in [0, 0.1) is 17.6 Å². The van der Waals surface area contributed by atoms with Crippen LogP contribution >= 0.6 is 0 Å². The van der Waals surface area contributed by atoms with E-state index >= 15 is 0 Å². The minimum Gasteiger partial charge on any atom is -0.314 e. The maximum Gasteiger partial charge on any atom is 0.159 e. The normalized spacial score (nSPS) is 25.2. The molecule has 1 N–H and O–H groups in total. The van der Waals surface area contributed by atoms with Gasteiger partial charge in [-0.25, -0.2) is 8.78 Å². The molecule has 2 nitrogen and oxygen atoms in total. The number of hydrogen-bond acceptors (Lipinski definition) is 2. The van der Waals surface area contributed by atoms with Crippen LogP contribution in [0.1, 0.15) is 31.2 Å². The molecule has 2 saturated heterocycles. The minimum absolute atomic E-state index is 0.709. The van der Waals surface area contributed by atoms with Gasteiger partial charge in [-0.15, -0.1) is 0 Å². The van der Waals surface area contributed by atoms with Gasteiger partial charge in [0.2, 0.25) is 0 Å². The summed E-state index contributed by atoms with van der Waals surface area (Å²) in [7, 11) is 0. The van der Waals surface area contributed by atoms with Crippen LogP contribution in [0.4, 0.5) is 8.78 Å². The number of piperidine rings is 1. The first kappa shape index (κ1) is 14.0. The van der Waals surface area contributed by atoms with Crippen molar-refractivity contribution in [2.45, 2.75) is 38.3 Å². The molecule has 0 spiro atoms. The fraction of sp³-hybridized carbons (Fsp3) is 0.625. The Morgan fingerprint density at radius 2 is 1.90 bits per heavy atom. The molecule has 1 aromatic carbocycles. The van der Waals surface area contributed by atoms with E-state index in [9.17, 15) is 8.78 Å². The van der Waals surface area contributed by atoms with Crippen molar-refractivity contribution in [3.63, 3.8) is 0 Å². The predicted octanol–water partition coefficient (Wildman–Crippen LogP) is 2.93. The van der Waals surface area contributed by atoms with Gasteiger partial charge in [-0.3, -0.25) is 4.90 Å². The lowest BCUT2D eigenvalue weighted by molar-refractivity contribution is 0.157. The topological polar surface area (TPSA) is 15.3 Å². The molecule has 0 bridgehead atoms. The van der Waals surface area contributed by atoms with Gasteiger partial charge in [0.25, 0.3) is 0 Å². The van der Waals surface area contributed by atoms with Crippen molar-refractivity contribution in [2.24, 2.45) is 5.92 Å². The Kier molecular flexibility index (Phi) is 4.32. The molecule has 1 aromatic rings. The molecule has 0 radical (unpaired) electrons. The van der Waals surface area contributed by atoms with Crippen LogP contribution in [0.2, 0.25) is 0 Å².